The molecule has 2 aromatic rings. The number of hydrogen-bond donors (Lipinski definition) is 0. The van der Waals surface area contributed by atoms with Gasteiger partial charge in [-0.25, -0.2) is 4.39 Å². The number of rotatable bonds is 8. The Bertz CT molecular complexity index is 742. The zero-order chi connectivity index (χ0) is 18.5. The van der Waals surface area contributed by atoms with Crippen LogP contribution >= 0.6 is 11.3 Å². The van der Waals surface area contributed by atoms with Crippen molar-refractivity contribution >= 4 is 23.2 Å². The zero-order valence-electron chi connectivity index (χ0n) is 14.9. The van der Waals surface area contributed by atoms with Crippen molar-refractivity contribution in [3.8, 4) is 0 Å². The Hall–Kier alpha value is -2.21. The van der Waals surface area contributed by atoms with E-state index in [1.165, 1.54) is 12.1 Å². The van der Waals surface area contributed by atoms with Gasteiger partial charge in [-0.1, -0.05) is 25.1 Å². The van der Waals surface area contributed by atoms with Gasteiger partial charge in [0, 0.05) is 23.9 Å². The second-order valence-corrected chi connectivity index (χ2v) is 7.59. The predicted molar refractivity (Wildman–Crippen MR) is 100.0 cm³/mol. The molecule has 3 rings (SSSR count). The maximum atomic E-state index is 13.2. The average molecular weight is 374 g/mol. The van der Waals surface area contributed by atoms with Gasteiger partial charge < -0.3 is 9.80 Å². The summed E-state index contributed by atoms with van der Waals surface area (Å²) in [5.41, 5.74) is 0.871. The lowest BCUT2D eigenvalue weighted by molar-refractivity contribution is -0.141. The summed E-state index contributed by atoms with van der Waals surface area (Å²) in [4.78, 5) is 29.7. The fraction of sp³-hybridized carbons (Fsp3) is 0.400. The first-order valence-electron chi connectivity index (χ1n) is 8.91. The molecular formula is C20H23FN2O2S. The summed E-state index contributed by atoms with van der Waals surface area (Å²) in [5, 5.41) is 1.98. The van der Waals surface area contributed by atoms with Gasteiger partial charge in [-0.3, -0.25) is 9.59 Å². The van der Waals surface area contributed by atoms with Crippen LogP contribution in [0.4, 0.5) is 4.39 Å². The van der Waals surface area contributed by atoms with E-state index >= 15 is 0 Å². The van der Waals surface area contributed by atoms with E-state index in [-0.39, 0.29) is 30.2 Å². The minimum Gasteiger partial charge on any atom is -0.332 e. The van der Waals surface area contributed by atoms with Gasteiger partial charge >= 0.3 is 0 Å². The highest BCUT2D eigenvalue weighted by Crippen LogP contribution is 2.27. The summed E-state index contributed by atoms with van der Waals surface area (Å²) < 4.78 is 13.2. The first-order chi connectivity index (χ1) is 12.6. The molecule has 0 saturated heterocycles. The van der Waals surface area contributed by atoms with Crippen LogP contribution in [0.5, 0.6) is 0 Å². The summed E-state index contributed by atoms with van der Waals surface area (Å²) in [5.74, 6) is -0.339. The molecule has 0 spiro atoms. The van der Waals surface area contributed by atoms with Crippen LogP contribution in [0, 0.1) is 5.82 Å². The van der Waals surface area contributed by atoms with Crippen molar-refractivity contribution in [2.45, 2.75) is 45.3 Å². The number of benzene rings is 1. The molecule has 1 saturated carbocycles. The highest BCUT2D eigenvalue weighted by molar-refractivity contribution is 7.09. The minimum atomic E-state index is -0.293. The van der Waals surface area contributed by atoms with Gasteiger partial charge in [-0.2, -0.15) is 0 Å². The SMILES string of the molecule is CCC(=O)N(CC(=O)N(Cc1ccc(F)cc1)Cc1cccs1)C1CC1. The van der Waals surface area contributed by atoms with Crippen LogP contribution in [0.2, 0.25) is 0 Å². The molecule has 1 aromatic carbocycles. The molecule has 0 radical (unpaired) electrons. The molecule has 0 bridgehead atoms. The summed E-state index contributed by atoms with van der Waals surface area (Å²) in [7, 11) is 0. The molecule has 138 valence electrons. The minimum absolute atomic E-state index is 0.0266. The van der Waals surface area contributed by atoms with E-state index in [0.717, 1.165) is 23.3 Å². The topological polar surface area (TPSA) is 40.6 Å². The highest BCUT2D eigenvalue weighted by Gasteiger charge is 2.34. The molecule has 26 heavy (non-hydrogen) atoms. The van der Waals surface area contributed by atoms with Gasteiger partial charge in [0.15, 0.2) is 0 Å². The first kappa shape index (κ1) is 18.6. The summed E-state index contributed by atoms with van der Waals surface area (Å²) in [6.07, 6.45) is 2.36. The maximum absolute atomic E-state index is 13.2. The monoisotopic (exact) mass is 374 g/mol. The summed E-state index contributed by atoms with van der Waals surface area (Å²) in [6, 6.07) is 10.4. The lowest BCUT2D eigenvalue weighted by atomic mass is 10.2. The molecule has 1 heterocycles. The second-order valence-electron chi connectivity index (χ2n) is 6.56. The van der Waals surface area contributed by atoms with Crippen molar-refractivity contribution in [2.24, 2.45) is 0 Å². The van der Waals surface area contributed by atoms with Crippen molar-refractivity contribution in [2.75, 3.05) is 6.54 Å². The van der Waals surface area contributed by atoms with E-state index in [9.17, 15) is 14.0 Å². The Morgan fingerprint density at radius 1 is 1.12 bits per heavy atom. The Morgan fingerprint density at radius 2 is 1.85 bits per heavy atom. The van der Waals surface area contributed by atoms with Crippen molar-refractivity contribution in [1.29, 1.82) is 0 Å². The zero-order valence-corrected chi connectivity index (χ0v) is 15.7. The van der Waals surface area contributed by atoms with Crippen molar-refractivity contribution in [3.05, 3.63) is 58.0 Å². The fourth-order valence-electron chi connectivity index (χ4n) is 2.89. The second kappa shape index (κ2) is 8.45. The molecule has 0 atom stereocenters. The van der Waals surface area contributed by atoms with Crippen molar-refractivity contribution in [1.82, 2.24) is 9.80 Å². The number of carbonyl (C=O) groups excluding carboxylic acids is 2. The summed E-state index contributed by atoms with van der Waals surface area (Å²) in [6.45, 7) is 2.83. The third kappa shape index (κ3) is 4.91. The highest BCUT2D eigenvalue weighted by atomic mass is 32.1. The number of amides is 2. The Labute approximate surface area is 157 Å². The van der Waals surface area contributed by atoms with E-state index in [1.807, 2.05) is 24.4 Å². The largest absolute Gasteiger partial charge is 0.332 e. The number of thiophene rings is 1. The molecule has 0 N–H and O–H groups in total. The van der Waals surface area contributed by atoms with Gasteiger partial charge in [0.2, 0.25) is 11.8 Å². The standard InChI is InChI=1S/C20H23FN2O2S/c1-2-19(24)23(17-9-10-17)14-20(25)22(13-18-4-3-11-26-18)12-15-5-7-16(21)8-6-15/h3-8,11,17H,2,9-10,12-14H2,1H3. The Kier molecular flexibility index (Phi) is 6.04. The molecule has 0 aliphatic heterocycles. The van der Waals surface area contributed by atoms with Crippen molar-refractivity contribution < 1.29 is 14.0 Å². The molecule has 6 heteroatoms. The lowest BCUT2D eigenvalue weighted by Gasteiger charge is -2.27. The molecular weight excluding hydrogens is 351 g/mol. The van der Waals surface area contributed by atoms with Crippen LogP contribution in [-0.4, -0.2) is 34.2 Å². The molecule has 1 aromatic heterocycles. The number of nitrogens with zero attached hydrogens (tertiary/aromatic N) is 2. The van der Waals surface area contributed by atoms with Crippen LogP contribution < -0.4 is 0 Å². The van der Waals surface area contributed by atoms with Crippen LogP contribution in [-0.2, 0) is 22.7 Å². The molecule has 1 fully saturated rings. The summed E-state index contributed by atoms with van der Waals surface area (Å²) >= 11 is 1.60. The molecule has 4 nitrogen and oxygen atoms in total. The average Bonchev–Trinajstić information content (AvgIpc) is 3.36. The van der Waals surface area contributed by atoms with Gasteiger partial charge in [-0.15, -0.1) is 11.3 Å². The third-order valence-electron chi connectivity index (χ3n) is 4.48. The fourth-order valence-corrected chi connectivity index (χ4v) is 3.61. The quantitative estimate of drug-likeness (QED) is 0.705. The van der Waals surface area contributed by atoms with Gasteiger partial charge in [-0.05, 0) is 42.0 Å². The number of carbonyl (C=O) groups is 2. The number of hydrogen-bond acceptors (Lipinski definition) is 3. The first-order valence-corrected chi connectivity index (χ1v) is 9.79. The maximum Gasteiger partial charge on any atom is 0.242 e. The van der Waals surface area contributed by atoms with E-state index in [4.69, 9.17) is 0 Å². The smallest absolute Gasteiger partial charge is 0.242 e. The number of halogens is 1. The van der Waals surface area contributed by atoms with E-state index in [0.29, 0.717) is 19.5 Å². The van der Waals surface area contributed by atoms with Crippen LogP contribution in [0.25, 0.3) is 0 Å². The Balaban J connectivity index is 1.73. The molecule has 2 amide bonds. The van der Waals surface area contributed by atoms with Gasteiger partial charge in [0.05, 0.1) is 6.54 Å². The van der Waals surface area contributed by atoms with Crippen molar-refractivity contribution in [3.63, 3.8) is 0 Å². The predicted octanol–water partition coefficient (Wildman–Crippen LogP) is 3.82. The van der Waals surface area contributed by atoms with Gasteiger partial charge in [0.1, 0.15) is 12.4 Å². The van der Waals surface area contributed by atoms with E-state index in [1.54, 1.807) is 33.3 Å². The van der Waals surface area contributed by atoms with Gasteiger partial charge in [0.25, 0.3) is 0 Å². The molecule has 1 aliphatic carbocycles. The van der Waals surface area contributed by atoms with Crippen LogP contribution in [0.1, 0.15) is 36.6 Å². The van der Waals surface area contributed by atoms with Crippen LogP contribution in [0.3, 0.4) is 0 Å². The normalized spacial score (nSPS) is 13.5. The molecule has 1 aliphatic rings. The van der Waals surface area contributed by atoms with E-state index in [2.05, 4.69) is 0 Å². The Morgan fingerprint density at radius 3 is 2.42 bits per heavy atom. The van der Waals surface area contributed by atoms with E-state index < -0.39 is 0 Å². The van der Waals surface area contributed by atoms with Crippen LogP contribution in [0.15, 0.2) is 41.8 Å². The lowest BCUT2D eigenvalue weighted by Crippen LogP contribution is -2.43. The third-order valence-corrected chi connectivity index (χ3v) is 5.34. The molecule has 0 unspecified atom stereocenters.